The van der Waals surface area contributed by atoms with Gasteiger partial charge in [0.1, 0.15) is 5.92 Å². The van der Waals surface area contributed by atoms with Crippen molar-refractivity contribution in [3.63, 3.8) is 0 Å². The molecular formula is C11H14N+. The Balaban J connectivity index is 2.85. The van der Waals surface area contributed by atoms with Crippen LogP contribution < -0.4 is 0 Å². The first-order valence-electron chi connectivity index (χ1n) is 4.27. The number of hydrogen-bond donors (Lipinski definition) is 0. The van der Waals surface area contributed by atoms with Gasteiger partial charge in [-0.1, -0.05) is 42.1 Å². The highest BCUT2D eigenvalue weighted by Gasteiger charge is 2.10. The Hall–Kier alpha value is -1.29. The van der Waals surface area contributed by atoms with Gasteiger partial charge >= 0.3 is 0 Å². The molecule has 62 valence electrons. The van der Waals surface area contributed by atoms with E-state index in [0.29, 0.717) is 5.92 Å². The first-order valence-corrected chi connectivity index (χ1v) is 4.27. The van der Waals surface area contributed by atoms with E-state index in [9.17, 15) is 0 Å². The lowest BCUT2D eigenvalue weighted by Gasteiger charge is -2.01. The van der Waals surface area contributed by atoms with E-state index < -0.39 is 0 Å². The molecule has 1 atom stereocenters. The van der Waals surface area contributed by atoms with Crippen LogP contribution in [-0.2, 0) is 0 Å². The zero-order valence-corrected chi connectivity index (χ0v) is 7.62. The quantitative estimate of drug-likeness (QED) is 0.626. The van der Waals surface area contributed by atoms with Crippen LogP contribution >= 0.6 is 0 Å². The predicted octanol–water partition coefficient (Wildman–Crippen LogP) is 3.14. The van der Waals surface area contributed by atoms with Crippen LogP contribution in [0.5, 0.6) is 0 Å². The van der Waals surface area contributed by atoms with Gasteiger partial charge in [-0.15, -0.1) is 0 Å². The molecule has 0 radical (unpaired) electrons. The van der Waals surface area contributed by atoms with Crippen LogP contribution in [0.25, 0.3) is 4.85 Å². The normalized spacial score (nSPS) is 11.5. The molecule has 0 heterocycles. The molecule has 0 unspecified atom stereocenters. The highest BCUT2D eigenvalue weighted by molar-refractivity contribution is 5.25. The lowest BCUT2D eigenvalue weighted by molar-refractivity contribution is 0.828. The van der Waals surface area contributed by atoms with Crippen molar-refractivity contribution in [2.24, 2.45) is 0 Å². The van der Waals surface area contributed by atoms with Crippen LogP contribution in [0.4, 0.5) is 0 Å². The SMILES string of the molecule is CC[C@@H](C#[N+]C)c1ccccc1. The summed E-state index contributed by atoms with van der Waals surface area (Å²) in [5, 5.41) is 0. The molecule has 0 saturated carbocycles. The molecule has 0 bridgehead atoms. The molecule has 0 saturated heterocycles. The lowest BCUT2D eigenvalue weighted by Crippen LogP contribution is -1.92. The van der Waals surface area contributed by atoms with E-state index in [1.807, 2.05) is 6.07 Å². The van der Waals surface area contributed by atoms with Gasteiger partial charge in [-0.3, -0.25) is 0 Å². The molecule has 0 aliphatic rings. The second-order valence-corrected chi connectivity index (χ2v) is 2.72. The summed E-state index contributed by atoms with van der Waals surface area (Å²) in [5.41, 5.74) is 1.30. The second-order valence-electron chi connectivity index (χ2n) is 2.72. The van der Waals surface area contributed by atoms with Crippen molar-refractivity contribution in [2.45, 2.75) is 19.3 Å². The fourth-order valence-electron chi connectivity index (χ4n) is 1.24. The maximum atomic E-state index is 3.93. The molecular weight excluding hydrogens is 146 g/mol. The Morgan fingerprint density at radius 3 is 2.50 bits per heavy atom. The zero-order chi connectivity index (χ0) is 8.81. The topological polar surface area (TPSA) is 4.36 Å². The molecule has 1 heteroatoms. The van der Waals surface area contributed by atoms with Crippen LogP contribution in [0.1, 0.15) is 24.8 Å². The molecule has 0 aromatic heterocycles. The number of hydrogen-bond acceptors (Lipinski definition) is 0. The Morgan fingerprint density at radius 1 is 1.33 bits per heavy atom. The van der Waals surface area contributed by atoms with Gasteiger partial charge in [0, 0.05) is 0 Å². The minimum Gasteiger partial charge on any atom is -0.0864 e. The largest absolute Gasteiger partial charge is 0.280 e. The maximum Gasteiger partial charge on any atom is 0.280 e. The third kappa shape index (κ3) is 2.10. The van der Waals surface area contributed by atoms with Gasteiger partial charge < -0.3 is 0 Å². The standard InChI is InChI=1S/C11H14N/c1-3-10(9-12-2)11-7-5-4-6-8-11/h4-8,10H,3H2,1-2H3/q+1/t10-/m0/s1. The predicted molar refractivity (Wildman–Crippen MR) is 52.6 cm³/mol. The summed E-state index contributed by atoms with van der Waals surface area (Å²) >= 11 is 0. The minimum absolute atomic E-state index is 0.358. The highest BCUT2D eigenvalue weighted by atomic mass is 14.6. The van der Waals surface area contributed by atoms with E-state index in [0.717, 1.165) is 6.42 Å². The first kappa shape index (κ1) is 8.80. The summed E-state index contributed by atoms with van der Waals surface area (Å²) in [7, 11) is 1.77. The number of rotatable bonds is 2. The third-order valence-corrected chi connectivity index (χ3v) is 1.90. The summed E-state index contributed by atoms with van der Waals surface area (Å²) in [6.45, 7) is 2.15. The van der Waals surface area contributed by atoms with Crippen molar-refractivity contribution in [3.05, 3.63) is 40.7 Å². The Kier molecular flexibility index (Phi) is 3.35. The third-order valence-electron chi connectivity index (χ3n) is 1.90. The molecule has 0 fully saturated rings. The molecule has 1 nitrogen and oxygen atoms in total. The van der Waals surface area contributed by atoms with E-state index in [1.165, 1.54) is 5.56 Å². The molecule has 0 aliphatic heterocycles. The molecule has 12 heavy (non-hydrogen) atoms. The average Bonchev–Trinajstić information content (AvgIpc) is 2.15. The molecule has 0 spiro atoms. The minimum atomic E-state index is 0.358. The summed E-state index contributed by atoms with van der Waals surface area (Å²) in [5.74, 6) is 0.358. The van der Waals surface area contributed by atoms with Crippen LogP contribution in [0, 0.1) is 6.07 Å². The van der Waals surface area contributed by atoms with Crippen molar-refractivity contribution < 1.29 is 0 Å². The smallest absolute Gasteiger partial charge is 0.0864 e. The highest BCUT2D eigenvalue weighted by Crippen LogP contribution is 2.17. The first-order chi connectivity index (χ1) is 5.88. The van der Waals surface area contributed by atoms with Crippen molar-refractivity contribution in [2.75, 3.05) is 7.05 Å². The summed E-state index contributed by atoms with van der Waals surface area (Å²) < 4.78 is 0. The van der Waals surface area contributed by atoms with Crippen molar-refractivity contribution in [3.8, 4) is 6.07 Å². The average molecular weight is 160 g/mol. The lowest BCUT2D eigenvalue weighted by atomic mass is 9.98. The van der Waals surface area contributed by atoms with Crippen molar-refractivity contribution >= 4 is 0 Å². The van der Waals surface area contributed by atoms with Gasteiger partial charge in [0.05, 0.1) is 0 Å². The van der Waals surface area contributed by atoms with Crippen LogP contribution in [-0.4, -0.2) is 7.05 Å². The van der Waals surface area contributed by atoms with Gasteiger partial charge in [-0.05, 0) is 12.0 Å². The molecule has 1 rings (SSSR count). The number of nitrogens with zero attached hydrogens (tertiary/aromatic N) is 1. The van der Waals surface area contributed by atoms with E-state index in [-0.39, 0.29) is 0 Å². The zero-order valence-electron chi connectivity index (χ0n) is 7.62. The van der Waals surface area contributed by atoms with Crippen LogP contribution in [0.3, 0.4) is 0 Å². The van der Waals surface area contributed by atoms with E-state index in [2.05, 4.69) is 42.1 Å². The second kappa shape index (κ2) is 4.56. The maximum absolute atomic E-state index is 3.93. The van der Waals surface area contributed by atoms with E-state index in [1.54, 1.807) is 7.05 Å². The molecule has 1 aromatic carbocycles. The van der Waals surface area contributed by atoms with Crippen LogP contribution in [0.2, 0.25) is 0 Å². The van der Waals surface area contributed by atoms with Gasteiger partial charge in [0.25, 0.3) is 13.1 Å². The summed E-state index contributed by atoms with van der Waals surface area (Å²) in [6.07, 6.45) is 1.06. The summed E-state index contributed by atoms with van der Waals surface area (Å²) in [6, 6.07) is 13.4. The van der Waals surface area contributed by atoms with Crippen molar-refractivity contribution in [1.29, 1.82) is 0 Å². The van der Waals surface area contributed by atoms with Gasteiger partial charge in [0.15, 0.2) is 0 Å². The van der Waals surface area contributed by atoms with E-state index in [4.69, 9.17) is 0 Å². The summed E-state index contributed by atoms with van der Waals surface area (Å²) in [4.78, 5) is 3.93. The Labute approximate surface area is 73.9 Å². The molecule has 0 amide bonds. The van der Waals surface area contributed by atoms with Crippen LogP contribution in [0.15, 0.2) is 30.3 Å². The van der Waals surface area contributed by atoms with Gasteiger partial charge in [0.2, 0.25) is 0 Å². The van der Waals surface area contributed by atoms with Gasteiger partial charge in [-0.25, -0.2) is 0 Å². The fraction of sp³-hybridized carbons (Fsp3) is 0.364. The Morgan fingerprint density at radius 2 is 2.00 bits per heavy atom. The molecule has 0 aliphatic carbocycles. The number of benzene rings is 1. The molecule has 1 aromatic rings. The fourth-order valence-corrected chi connectivity index (χ4v) is 1.24. The monoisotopic (exact) mass is 160 g/mol. The van der Waals surface area contributed by atoms with Crippen molar-refractivity contribution in [1.82, 2.24) is 0 Å². The van der Waals surface area contributed by atoms with Gasteiger partial charge in [-0.2, -0.15) is 0 Å². The molecule has 0 N–H and O–H groups in total. The van der Waals surface area contributed by atoms with E-state index >= 15 is 0 Å². The Bertz CT molecular complexity index is 279.